The number of unbranched alkanes of at least 4 members (excludes halogenated alkanes) is 1. The minimum atomic E-state index is -0.608. The van der Waals surface area contributed by atoms with Crippen LogP contribution in [-0.4, -0.2) is 25.3 Å². The van der Waals surface area contributed by atoms with Crippen LogP contribution in [0.2, 0.25) is 0 Å². The van der Waals surface area contributed by atoms with Crippen molar-refractivity contribution in [2.45, 2.75) is 46.1 Å². The first-order chi connectivity index (χ1) is 11.6. The minimum Gasteiger partial charge on any atom is -0.493 e. The molecule has 0 fully saturated rings. The van der Waals surface area contributed by atoms with Gasteiger partial charge in [-0.1, -0.05) is 13.3 Å². The third-order valence-electron chi connectivity index (χ3n) is 3.70. The van der Waals surface area contributed by atoms with Gasteiger partial charge in [-0.05, 0) is 38.5 Å². The summed E-state index contributed by atoms with van der Waals surface area (Å²) in [6, 6.07) is 5.66. The Morgan fingerprint density at radius 3 is 2.92 bits per heavy atom. The van der Waals surface area contributed by atoms with Gasteiger partial charge < -0.3 is 14.2 Å². The second kappa shape index (κ2) is 8.39. The Morgan fingerprint density at radius 2 is 2.25 bits per heavy atom. The first kappa shape index (κ1) is 17.9. The van der Waals surface area contributed by atoms with E-state index in [4.69, 9.17) is 14.2 Å². The van der Waals surface area contributed by atoms with Gasteiger partial charge in [0.05, 0.1) is 13.2 Å². The zero-order chi connectivity index (χ0) is 17.5. The molecule has 2 rings (SSSR count). The van der Waals surface area contributed by atoms with Gasteiger partial charge in [0, 0.05) is 17.5 Å². The lowest BCUT2D eigenvalue weighted by atomic mass is 10.0. The van der Waals surface area contributed by atoms with Crippen LogP contribution >= 0.6 is 0 Å². The molecule has 24 heavy (non-hydrogen) atoms. The highest BCUT2D eigenvalue weighted by atomic mass is 16.5. The fraction of sp³-hybridized carbons (Fsp3) is 0.474. The van der Waals surface area contributed by atoms with Gasteiger partial charge in [-0.25, -0.2) is 4.79 Å². The molecule has 0 unspecified atom stereocenters. The molecule has 1 aliphatic heterocycles. The van der Waals surface area contributed by atoms with Crippen LogP contribution in [-0.2, 0) is 16.0 Å². The van der Waals surface area contributed by atoms with Crippen LogP contribution in [0.3, 0.4) is 0 Å². The van der Waals surface area contributed by atoms with Crippen LogP contribution < -0.4 is 9.47 Å². The summed E-state index contributed by atoms with van der Waals surface area (Å²) in [5, 5.41) is 9.28. The highest BCUT2D eigenvalue weighted by Crippen LogP contribution is 2.36. The van der Waals surface area contributed by atoms with Gasteiger partial charge in [-0.3, -0.25) is 0 Å². The van der Waals surface area contributed by atoms with E-state index >= 15 is 0 Å². The largest absolute Gasteiger partial charge is 0.493 e. The average molecular weight is 329 g/mol. The van der Waals surface area contributed by atoms with E-state index in [1.807, 2.05) is 39.0 Å². The summed E-state index contributed by atoms with van der Waals surface area (Å²) in [5.41, 5.74) is 1.68. The molecular formula is C19H23NO4. The maximum absolute atomic E-state index is 12.0. The molecule has 5 heteroatoms. The van der Waals surface area contributed by atoms with Crippen LogP contribution in [0.25, 0.3) is 6.08 Å². The van der Waals surface area contributed by atoms with E-state index < -0.39 is 5.97 Å². The molecule has 0 radical (unpaired) electrons. The number of benzene rings is 1. The summed E-state index contributed by atoms with van der Waals surface area (Å²) >= 11 is 0. The number of carbonyl (C=O) groups is 1. The van der Waals surface area contributed by atoms with Crippen molar-refractivity contribution < 1.29 is 19.0 Å². The molecule has 0 aromatic heterocycles. The van der Waals surface area contributed by atoms with Crippen molar-refractivity contribution in [3.63, 3.8) is 0 Å². The van der Waals surface area contributed by atoms with E-state index in [9.17, 15) is 10.1 Å². The topological polar surface area (TPSA) is 68.6 Å². The molecule has 0 saturated heterocycles. The van der Waals surface area contributed by atoms with Crippen LogP contribution in [0.15, 0.2) is 17.7 Å². The van der Waals surface area contributed by atoms with Gasteiger partial charge in [0.15, 0.2) is 0 Å². The molecule has 0 aliphatic carbocycles. The Labute approximate surface area is 142 Å². The molecule has 1 heterocycles. The van der Waals surface area contributed by atoms with Gasteiger partial charge in [-0.15, -0.1) is 0 Å². The highest BCUT2D eigenvalue weighted by molar-refractivity contribution is 5.98. The van der Waals surface area contributed by atoms with Crippen molar-refractivity contribution in [2.24, 2.45) is 0 Å². The van der Waals surface area contributed by atoms with Crippen molar-refractivity contribution >= 4 is 12.0 Å². The molecule has 1 aromatic carbocycles. The number of nitrogens with zero attached hydrogens (tertiary/aromatic N) is 1. The predicted octanol–water partition coefficient (Wildman–Crippen LogP) is 3.66. The summed E-state index contributed by atoms with van der Waals surface area (Å²) in [4.78, 5) is 12.0. The monoisotopic (exact) mass is 329 g/mol. The second-order valence-electron chi connectivity index (χ2n) is 5.72. The van der Waals surface area contributed by atoms with Gasteiger partial charge in [0.25, 0.3) is 0 Å². The fourth-order valence-electron chi connectivity index (χ4n) is 2.53. The van der Waals surface area contributed by atoms with Crippen molar-refractivity contribution in [1.29, 1.82) is 5.26 Å². The summed E-state index contributed by atoms with van der Waals surface area (Å²) < 4.78 is 16.5. The lowest BCUT2D eigenvalue weighted by molar-refractivity contribution is -0.138. The van der Waals surface area contributed by atoms with E-state index in [-0.39, 0.29) is 11.7 Å². The molecule has 1 atom stereocenters. The zero-order valence-electron chi connectivity index (χ0n) is 14.4. The van der Waals surface area contributed by atoms with Crippen LogP contribution in [0.1, 0.15) is 44.7 Å². The number of hydrogen-bond donors (Lipinski definition) is 0. The molecule has 0 N–H and O–H groups in total. The quantitative estimate of drug-likeness (QED) is 0.330. The molecule has 0 spiro atoms. The minimum absolute atomic E-state index is 0.0435. The molecule has 128 valence electrons. The van der Waals surface area contributed by atoms with E-state index in [0.717, 1.165) is 30.6 Å². The van der Waals surface area contributed by atoms with Crippen LogP contribution in [0, 0.1) is 11.3 Å². The molecule has 0 bridgehead atoms. The standard InChI is InChI=1S/C19H23NO4/c1-4-6-7-23-19(21)16(12-20)9-15-11-18-14(8-13(3)24-18)10-17(15)22-5-2/h9-11,13H,4-8H2,1-3H3/b16-9+/t13-/m1/s1. The van der Waals surface area contributed by atoms with Crippen molar-refractivity contribution in [1.82, 2.24) is 0 Å². The first-order valence-electron chi connectivity index (χ1n) is 8.34. The molecule has 0 saturated carbocycles. The van der Waals surface area contributed by atoms with Gasteiger partial charge in [0.1, 0.15) is 29.2 Å². The number of rotatable bonds is 7. The third kappa shape index (κ3) is 4.29. The van der Waals surface area contributed by atoms with E-state index in [2.05, 4.69) is 0 Å². The maximum Gasteiger partial charge on any atom is 0.348 e. The fourth-order valence-corrected chi connectivity index (χ4v) is 2.53. The number of nitriles is 1. The van der Waals surface area contributed by atoms with Crippen LogP contribution in [0.5, 0.6) is 11.5 Å². The van der Waals surface area contributed by atoms with Crippen molar-refractivity contribution in [3.05, 3.63) is 28.8 Å². The van der Waals surface area contributed by atoms with Crippen LogP contribution in [0.4, 0.5) is 0 Å². The summed E-state index contributed by atoms with van der Waals surface area (Å²) in [6.07, 6.45) is 4.14. The Kier molecular flexibility index (Phi) is 6.25. The van der Waals surface area contributed by atoms with E-state index in [0.29, 0.717) is 24.5 Å². The summed E-state index contributed by atoms with van der Waals surface area (Å²) in [7, 11) is 0. The van der Waals surface area contributed by atoms with E-state index in [1.54, 1.807) is 0 Å². The van der Waals surface area contributed by atoms with Gasteiger partial charge in [0.2, 0.25) is 0 Å². The lowest BCUT2D eigenvalue weighted by Gasteiger charge is -2.10. The molecule has 5 nitrogen and oxygen atoms in total. The average Bonchev–Trinajstić information content (AvgIpc) is 2.91. The summed E-state index contributed by atoms with van der Waals surface area (Å²) in [5.74, 6) is 0.806. The van der Waals surface area contributed by atoms with Crippen molar-refractivity contribution in [2.75, 3.05) is 13.2 Å². The normalized spacial score (nSPS) is 16.1. The lowest BCUT2D eigenvalue weighted by Crippen LogP contribution is -2.08. The number of esters is 1. The zero-order valence-corrected chi connectivity index (χ0v) is 14.4. The second-order valence-corrected chi connectivity index (χ2v) is 5.72. The molecule has 0 amide bonds. The Morgan fingerprint density at radius 1 is 1.46 bits per heavy atom. The molecule has 1 aromatic rings. The van der Waals surface area contributed by atoms with Crippen molar-refractivity contribution in [3.8, 4) is 17.6 Å². The van der Waals surface area contributed by atoms with Gasteiger partial charge in [-0.2, -0.15) is 5.26 Å². The van der Waals surface area contributed by atoms with E-state index in [1.165, 1.54) is 6.08 Å². The predicted molar refractivity (Wildman–Crippen MR) is 90.9 cm³/mol. The number of hydrogen-bond acceptors (Lipinski definition) is 5. The molecule has 1 aliphatic rings. The Hall–Kier alpha value is -2.48. The maximum atomic E-state index is 12.0. The molecular weight excluding hydrogens is 306 g/mol. The van der Waals surface area contributed by atoms with Gasteiger partial charge >= 0.3 is 5.97 Å². The Bertz CT molecular complexity index is 673. The summed E-state index contributed by atoms with van der Waals surface area (Å²) in [6.45, 7) is 6.72. The highest BCUT2D eigenvalue weighted by Gasteiger charge is 2.22. The third-order valence-corrected chi connectivity index (χ3v) is 3.70. The number of carbonyl (C=O) groups excluding carboxylic acids is 1. The first-order valence-corrected chi connectivity index (χ1v) is 8.34. The SMILES string of the molecule is CCCCOC(=O)/C(C#N)=C/c1cc2c(cc1OCC)C[C@@H](C)O2. The smallest absolute Gasteiger partial charge is 0.348 e. The number of ether oxygens (including phenoxy) is 3. The Balaban J connectivity index is 2.30. The number of fused-ring (bicyclic) bond motifs is 1.